The summed E-state index contributed by atoms with van der Waals surface area (Å²) in [4.78, 5) is 4.42. The molecule has 0 saturated carbocycles. The van der Waals surface area contributed by atoms with Crippen molar-refractivity contribution in [3.05, 3.63) is 52.9 Å². The van der Waals surface area contributed by atoms with E-state index in [1.54, 1.807) is 0 Å². The molecule has 3 rings (SSSR count). The normalized spacial score (nSPS) is 18.0. The molecule has 1 aromatic carbocycles. The van der Waals surface area contributed by atoms with Gasteiger partial charge in [0.15, 0.2) is 0 Å². The molecule has 0 saturated heterocycles. The number of rotatable bonds is 3. The highest BCUT2D eigenvalue weighted by Gasteiger charge is 2.34. The van der Waals surface area contributed by atoms with Gasteiger partial charge >= 0.3 is 6.18 Å². The summed E-state index contributed by atoms with van der Waals surface area (Å²) >= 11 is 0. The number of nitrogens with one attached hydrogen (secondary N) is 1. The lowest BCUT2D eigenvalue weighted by molar-refractivity contribution is -0.140. The molecule has 7 heteroatoms. The molecule has 1 aliphatic rings. The molecule has 2 aromatic rings. The van der Waals surface area contributed by atoms with Gasteiger partial charge in [0.2, 0.25) is 0 Å². The van der Waals surface area contributed by atoms with E-state index in [2.05, 4.69) is 14.9 Å². The van der Waals surface area contributed by atoms with Gasteiger partial charge in [-0.25, -0.2) is 9.37 Å². The Bertz CT molecular complexity index is 706. The molecule has 2 heterocycles. The Morgan fingerprint density at radius 1 is 1.35 bits per heavy atom. The molecule has 0 bridgehead atoms. The number of fused-ring (bicyclic) bond motifs is 1. The van der Waals surface area contributed by atoms with E-state index in [4.69, 9.17) is 0 Å². The van der Waals surface area contributed by atoms with Gasteiger partial charge in [-0.2, -0.15) is 13.2 Å². The molecular formula is C16H17F4N3. The number of aromatic nitrogens is 2. The lowest BCUT2D eigenvalue weighted by Crippen LogP contribution is -2.36. The van der Waals surface area contributed by atoms with Crippen molar-refractivity contribution in [2.24, 2.45) is 0 Å². The van der Waals surface area contributed by atoms with Crippen LogP contribution in [0, 0.1) is 12.7 Å². The molecule has 3 nitrogen and oxygen atoms in total. The number of nitrogens with zero attached hydrogens (tertiary/aromatic N) is 2. The number of hydrogen-bond donors (Lipinski definition) is 1. The maximum atomic E-state index is 13.3. The van der Waals surface area contributed by atoms with Gasteiger partial charge in [0.1, 0.15) is 11.6 Å². The Morgan fingerprint density at radius 2 is 2.13 bits per heavy atom. The first kappa shape index (κ1) is 16.0. The summed E-state index contributed by atoms with van der Waals surface area (Å²) in [6, 6.07) is 3.29. The van der Waals surface area contributed by atoms with Crippen LogP contribution in [0.1, 0.15) is 29.1 Å². The Morgan fingerprint density at radius 3 is 2.87 bits per heavy atom. The molecule has 0 spiro atoms. The van der Waals surface area contributed by atoms with Gasteiger partial charge in [-0.1, -0.05) is 6.07 Å². The first-order valence-corrected chi connectivity index (χ1v) is 7.44. The van der Waals surface area contributed by atoms with E-state index in [9.17, 15) is 17.6 Å². The Hall–Kier alpha value is -1.89. The third kappa shape index (κ3) is 3.55. The number of imidazole rings is 1. The number of benzene rings is 1. The molecule has 1 atom stereocenters. The molecule has 1 aromatic heterocycles. The van der Waals surface area contributed by atoms with E-state index < -0.39 is 17.6 Å². The second kappa shape index (κ2) is 5.96. The minimum Gasteiger partial charge on any atom is -0.333 e. The van der Waals surface area contributed by atoms with E-state index in [1.807, 2.05) is 13.1 Å². The van der Waals surface area contributed by atoms with E-state index in [-0.39, 0.29) is 12.6 Å². The summed E-state index contributed by atoms with van der Waals surface area (Å²) in [6.45, 7) is 2.95. The van der Waals surface area contributed by atoms with Crippen LogP contribution in [0.15, 0.2) is 24.4 Å². The number of halogens is 4. The second-order valence-corrected chi connectivity index (χ2v) is 5.88. The van der Waals surface area contributed by atoms with Crippen LogP contribution >= 0.6 is 0 Å². The molecule has 23 heavy (non-hydrogen) atoms. The zero-order chi connectivity index (χ0) is 16.6. The van der Waals surface area contributed by atoms with E-state index in [1.165, 1.54) is 6.07 Å². The lowest BCUT2D eigenvalue weighted by atomic mass is 10.1. The predicted octanol–water partition coefficient (Wildman–Crippen LogP) is 3.45. The molecule has 1 unspecified atom stereocenters. The minimum absolute atomic E-state index is 0.162. The van der Waals surface area contributed by atoms with Gasteiger partial charge in [0.25, 0.3) is 0 Å². The number of aryl methyl sites for hydroxylation is 2. The molecule has 0 aliphatic carbocycles. The summed E-state index contributed by atoms with van der Waals surface area (Å²) in [6.07, 6.45) is -0.983. The van der Waals surface area contributed by atoms with Crippen molar-refractivity contribution in [2.45, 2.75) is 45.1 Å². The second-order valence-electron chi connectivity index (χ2n) is 5.88. The number of alkyl halides is 3. The van der Waals surface area contributed by atoms with Crippen LogP contribution in [-0.4, -0.2) is 15.6 Å². The van der Waals surface area contributed by atoms with Crippen molar-refractivity contribution in [2.75, 3.05) is 0 Å². The summed E-state index contributed by atoms with van der Waals surface area (Å²) in [5, 5.41) is 3.25. The quantitative estimate of drug-likeness (QED) is 0.875. The molecule has 1 aliphatic heterocycles. The highest BCUT2D eigenvalue weighted by Crippen LogP contribution is 2.31. The highest BCUT2D eigenvalue weighted by molar-refractivity contribution is 5.27. The van der Waals surface area contributed by atoms with Gasteiger partial charge in [0.05, 0.1) is 11.3 Å². The minimum atomic E-state index is -4.67. The largest absolute Gasteiger partial charge is 0.419 e. The fraction of sp³-hybridized carbons (Fsp3) is 0.438. The average molecular weight is 327 g/mol. The van der Waals surface area contributed by atoms with Gasteiger partial charge in [-0.15, -0.1) is 0 Å². The maximum Gasteiger partial charge on any atom is 0.419 e. The van der Waals surface area contributed by atoms with E-state index in [0.717, 1.165) is 43.0 Å². The van der Waals surface area contributed by atoms with Crippen LogP contribution in [0.4, 0.5) is 17.6 Å². The molecule has 0 fully saturated rings. The summed E-state index contributed by atoms with van der Waals surface area (Å²) < 4.78 is 53.5. The van der Waals surface area contributed by atoms with Crippen LogP contribution in [0.3, 0.4) is 0 Å². The van der Waals surface area contributed by atoms with Gasteiger partial charge in [-0.05, 0) is 31.0 Å². The Kier molecular flexibility index (Phi) is 4.14. The van der Waals surface area contributed by atoms with Crippen LogP contribution in [0.2, 0.25) is 0 Å². The SMILES string of the molecule is Cc1cn2c(n1)CCC(NCc1ccc(F)c(C(F)(F)F)c1)C2. The zero-order valence-corrected chi connectivity index (χ0v) is 12.6. The smallest absolute Gasteiger partial charge is 0.333 e. The van der Waals surface area contributed by atoms with E-state index in [0.29, 0.717) is 5.56 Å². The average Bonchev–Trinajstić information content (AvgIpc) is 2.84. The van der Waals surface area contributed by atoms with Crippen molar-refractivity contribution < 1.29 is 17.6 Å². The molecule has 0 radical (unpaired) electrons. The molecule has 1 N–H and O–H groups in total. The zero-order valence-electron chi connectivity index (χ0n) is 12.6. The third-order valence-corrected chi connectivity index (χ3v) is 4.04. The van der Waals surface area contributed by atoms with Crippen LogP contribution < -0.4 is 5.32 Å². The van der Waals surface area contributed by atoms with E-state index >= 15 is 0 Å². The highest BCUT2D eigenvalue weighted by atomic mass is 19.4. The van der Waals surface area contributed by atoms with Gasteiger partial charge in [-0.3, -0.25) is 0 Å². The first-order valence-electron chi connectivity index (χ1n) is 7.44. The Balaban J connectivity index is 1.65. The number of hydrogen-bond acceptors (Lipinski definition) is 2. The molecular weight excluding hydrogens is 310 g/mol. The topological polar surface area (TPSA) is 29.9 Å². The predicted molar refractivity (Wildman–Crippen MR) is 77.3 cm³/mol. The van der Waals surface area contributed by atoms with Crippen molar-refractivity contribution >= 4 is 0 Å². The first-order chi connectivity index (χ1) is 10.8. The van der Waals surface area contributed by atoms with Crippen LogP contribution in [0.5, 0.6) is 0 Å². The fourth-order valence-electron chi connectivity index (χ4n) is 2.91. The molecule has 0 amide bonds. The van der Waals surface area contributed by atoms with Crippen molar-refractivity contribution in [3.8, 4) is 0 Å². The third-order valence-electron chi connectivity index (χ3n) is 4.04. The van der Waals surface area contributed by atoms with Crippen molar-refractivity contribution in [1.29, 1.82) is 0 Å². The van der Waals surface area contributed by atoms with Crippen LogP contribution in [0.25, 0.3) is 0 Å². The summed E-state index contributed by atoms with van der Waals surface area (Å²) in [7, 11) is 0. The summed E-state index contributed by atoms with van der Waals surface area (Å²) in [5.41, 5.74) is 0.174. The Labute approximate surface area is 131 Å². The van der Waals surface area contributed by atoms with Gasteiger partial charge in [0, 0.05) is 31.7 Å². The maximum absolute atomic E-state index is 13.3. The molecule has 124 valence electrons. The fourth-order valence-corrected chi connectivity index (χ4v) is 2.91. The standard InChI is InChI=1S/C16H17F4N3/c1-10-8-23-9-12(3-5-15(23)22-10)21-7-11-2-4-14(17)13(6-11)16(18,19)20/h2,4,6,8,12,21H,3,5,7,9H2,1H3. The van der Waals surface area contributed by atoms with Crippen molar-refractivity contribution in [3.63, 3.8) is 0 Å². The lowest BCUT2D eigenvalue weighted by Gasteiger charge is -2.25. The summed E-state index contributed by atoms with van der Waals surface area (Å²) in [5.74, 6) is -0.195. The monoisotopic (exact) mass is 327 g/mol. The van der Waals surface area contributed by atoms with Crippen molar-refractivity contribution in [1.82, 2.24) is 14.9 Å². The van der Waals surface area contributed by atoms with Crippen LogP contribution in [-0.2, 0) is 25.7 Å². The van der Waals surface area contributed by atoms with Gasteiger partial charge < -0.3 is 9.88 Å².